The van der Waals surface area contributed by atoms with Gasteiger partial charge in [-0.3, -0.25) is 4.99 Å². The lowest BCUT2D eigenvalue weighted by molar-refractivity contribution is 0.378. The summed E-state index contributed by atoms with van der Waals surface area (Å²) in [6.45, 7) is 4.05. The molecule has 3 N–H and O–H groups in total. The quantitative estimate of drug-likeness (QED) is 0.552. The van der Waals surface area contributed by atoms with Gasteiger partial charge in [0, 0.05) is 62.7 Å². The molecule has 7 nitrogen and oxygen atoms in total. The van der Waals surface area contributed by atoms with E-state index in [1.54, 1.807) is 12.4 Å². The van der Waals surface area contributed by atoms with E-state index in [9.17, 15) is 0 Å². The number of nitrogens with two attached hydrogens (primary N) is 1. The number of fused-ring (bicyclic) bond motifs is 1. The summed E-state index contributed by atoms with van der Waals surface area (Å²) >= 11 is 0. The Hall–Kier alpha value is -3.09. The fraction of sp³-hybridized carbons (Fsp3) is 0.316. The van der Waals surface area contributed by atoms with Crippen LogP contribution in [0.1, 0.15) is 5.69 Å². The smallest absolute Gasteiger partial charge is 0.225 e. The molecule has 134 valence electrons. The van der Waals surface area contributed by atoms with Gasteiger partial charge in [0.2, 0.25) is 5.95 Å². The summed E-state index contributed by atoms with van der Waals surface area (Å²) in [5, 5.41) is 1.23. The van der Waals surface area contributed by atoms with Crippen molar-refractivity contribution < 1.29 is 0 Å². The second-order valence-electron chi connectivity index (χ2n) is 6.39. The molecule has 1 aliphatic rings. The van der Waals surface area contributed by atoms with Crippen LogP contribution < -0.4 is 10.6 Å². The lowest BCUT2D eigenvalue weighted by atomic mass is 10.2. The lowest BCUT2D eigenvalue weighted by Gasteiger charge is -2.35. The van der Waals surface area contributed by atoms with Crippen molar-refractivity contribution in [3.63, 3.8) is 0 Å². The number of aromatic nitrogens is 3. The molecule has 0 radical (unpaired) electrons. The summed E-state index contributed by atoms with van der Waals surface area (Å²) in [7, 11) is 0. The number of piperazine rings is 1. The number of rotatable bonds is 4. The first-order valence-corrected chi connectivity index (χ1v) is 8.93. The summed E-state index contributed by atoms with van der Waals surface area (Å²) in [6, 6.07) is 12.3. The number of nitrogens with zero attached hydrogens (tertiary/aromatic N) is 5. The van der Waals surface area contributed by atoms with E-state index >= 15 is 0 Å². The molecular weight excluding hydrogens is 326 g/mol. The maximum Gasteiger partial charge on any atom is 0.225 e. The normalized spacial score (nSPS) is 15.6. The number of hydrogen-bond acceptors (Lipinski definition) is 4. The Morgan fingerprint density at radius 1 is 1.08 bits per heavy atom. The van der Waals surface area contributed by atoms with Crippen LogP contribution in [-0.4, -0.2) is 58.5 Å². The Morgan fingerprint density at radius 3 is 2.62 bits per heavy atom. The second-order valence-corrected chi connectivity index (χ2v) is 6.39. The van der Waals surface area contributed by atoms with Crippen LogP contribution in [0.15, 0.2) is 53.8 Å². The van der Waals surface area contributed by atoms with Crippen LogP contribution >= 0.6 is 0 Å². The van der Waals surface area contributed by atoms with Gasteiger partial charge in [0.15, 0.2) is 5.96 Å². The highest BCUT2D eigenvalue weighted by atomic mass is 15.3. The molecule has 0 aliphatic carbocycles. The summed E-state index contributed by atoms with van der Waals surface area (Å²) in [4.78, 5) is 20.9. The molecule has 3 aromatic rings. The Balaban J connectivity index is 1.29. The largest absolute Gasteiger partial charge is 0.370 e. The van der Waals surface area contributed by atoms with Crippen LogP contribution in [0.25, 0.3) is 10.9 Å². The van der Waals surface area contributed by atoms with Gasteiger partial charge >= 0.3 is 0 Å². The molecule has 0 amide bonds. The van der Waals surface area contributed by atoms with Crippen LogP contribution in [0, 0.1) is 0 Å². The number of benzene rings is 1. The zero-order valence-electron chi connectivity index (χ0n) is 14.7. The minimum absolute atomic E-state index is 0.620. The highest BCUT2D eigenvalue weighted by molar-refractivity contribution is 5.80. The SMILES string of the molecule is NC(=NCCc1cc2ccccc2[nH]1)N1CCN(c2ncccn2)CC1. The van der Waals surface area contributed by atoms with Crippen molar-refractivity contribution in [1.29, 1.82) is 0 Å². The number of nitrogens with one attached hydrogen (secondary N) is 1. The fourth-order valence-corrected chi connectivity index (χ4v) is 3.25. The Kier molecular flexibility index (Phi) is 4.68. The van der Waals surface area contributed by atoms with Gasteiger partial charge in [-0.25, -0.2) is 9.97 Å². The maximum absolute atomic E-state index is 6.19. The molecule has 1 saturated heterocycles. The van der Waals surface area contributed by atoms with Gasteiger partial charge in [0.25, 0.3) is 0 Å². The van der Waals surface area contributed by atoms with Crippen molar-refractivity contribution in [2.45, 2.75) is 6.42 Å². The number of H-pyrrole nitrogens is 1. The summed E-state index contributed by atoms with van der Waals surface area (Å²) < 4.78 is 0. The van der Waals surface area contributed by atoms with Crippen LogP contribution in [0.2, 0.25) is 0 Å². The third-order valence-corrected chi connectivity index (χ3v) is 4.68. The zero-order chi connectivity index (χ0) is 17.8. The summed E-state index contributed by atoms with van der Waals surface area (Å²) in [5.74, 6) is 1.40. The average molecular weight is 349 g/mol. The van der Waals surface area contributed by atoms with E-state index in [4.69, 9.17) is 5.73 Å². The first-order valence-electron chi connectivity index (χ1n) is 8.93. The van der Waals surface area contributed by atoms with Gasteiger partial charge in [-0.05, 0) is 23.6 Å². The minimum Gasteiger partial charge on any atom is -0.370 e. The highest BCUT2D eigenvalue weighted by Crippen LogP contribution is 2.15. The third kappa shape index (κ3) is 3.61. The number of aliphatic imine (C=N–C) groups is 1. The van der Waals surface area contributed by atoms with Crippen molar-refractivity contribution in [3.05, 3.63) is 54.5 Å². The third-order valence-electron chi connectivity index (χ3n) is 4.68. The first-order chi connectivity index (χ1) is 12.8. The number of anilines is 1. The predicted octanol–water partition coefficient (Wildman–Crippen LogP) is 1.64. The van der Waals surface area contributed by atoms with Crippen molar-refractivity contribution in [2.75, 3.05) is 37.6 Å². The first kappa shape index (κ1) is 16.4. The number of para-hydroxylation sites is 1. The van der Waals surface area contributed by atoms with E-state index in [0.717, 1.165) is 38.5 Å². The van der Waals surface area contributed by atoms with Crippen LogP contribution in [0.3, 0.4) is 0 Å². The summed E-state index contributed by atoms with van der Waals surface area (Å²) in [6.07, 6.45) is 4.40. The van der Waals surface area contributed by atoms with Gasteiger partial charge in [-0.2, -0.15) is 0 Å². The van der Waals surface area contributed by atoms with Gasteiger partial charge < -0.3 is 20.5 Å². The molecule has 0 atom stereocenters. The molecular formula is C19H23N7. The Labute approximate surface area is 152 Å². The van der Waals surface area contributed by atoms with Gasteiger partial charge in [0.05, 0.1) is 0 Å². The highest BCUT2D eigenvalue weighted by Gasteiger charge is 2.19. The van der Waals surface area contributed by atoms with E-state index in [2.05, 4.69) is 54.0 Å². The van der Waals surface area contributed by atoms with Gasteiger partial charge in [0.1, 0.15) is 0 Å². The topological polar surface area (TPSA) is 86.4 Å². The van der Waals surface area contributed by atoms with E-state index in [0.29, 0.717) is 12.5 Å². The van der Waals surface area contributed by atoms with Crippen molar-refractivity contribution >= 4 is 22.8 Å². The summed E-state index contributed by atoms with van der Waals surface area (Å²) in [5.41, 5.74) is 8.54. The fourth-order valence-electron chi connectivity index (χ4n) is 3.25. The van der Waals surface area contributed by atoms with Crippen LogP contribution in [-0.2, 0) is 6.42 Å². The molecule has 3 heterocycles. The molecule has 7 heteroatoms. The molecule has 1 aromatic carbocycles. The zero-order valence-corrected chi connectivity index (χ0v) is 14.7. The Bertz CT molecular complexity index is 846. The molecule has 0 unspecified atom stereocenters. The van der Waals surface area contributed by atoms with Gasteiger partial charge in [-0.15, -0.1) is 0 Å². The number of guanidine groups is 1. The van der Waals surface area contributed by atoms with Crippen LogP contribution in [0.5, 0.6) is 0 Å². The molecule has 1 aliphatic heterocycles. The molecule has 4 rings (SSSR count). The molecule has 0 bridgehead atoms. The van der Waals surface area contributed by atoms with E-state index in [1.165, 1.54) is 16.6 Å². The maximum atomic E-state index is 6.19. The standard InChI is InChI=1S/C19H23N7/c20-18(21-9-6-16-14-15-4-1-2-5-17(15)24-16)25-10-12-26(13-11-25)19-22-7-3-8-23-19/h1-5,7-8,14,24H,6,9-13H2,(H2,20,21). The molecule has 0 spiro atoms. The monoisotopic (exact) mass is 349 g/mol. The second kappa shape index (κ2) is 7.43. The van der Waals surface area contributed by atoms with E-state index in [-0.39, 0.29) is 0 Å². The van der Waals surface area contributed by atoms with Gasteiger partial charge in [-0.1, -0.05) is 18.2 Å². The minimum atomic E-state index is 0.620. The van der Waals surface area contributed by atoms with Crippen molar-refractivity contribution in [2.24, 2.45) is 10.7 Å². The van der Waals surface area contributed by atoms with E-state index < -0.39 is 0 Å². The molecule has 26 heavy (non-hydrogen) atoms. The Morgan fingerprint density at radius 2 is 1.85 bits per heavy atom. The molecule has 0 saturated carbocycles. The number of aromatic amines is 1. The predicted molar refractivity (Wildman–Crippen MR) is 104 cm³/mol. The number of hydrogen-bond donors (Lipinski definition) is 2. The average Bonchev–Trinajstić information content (AvgIpc) is 3.11. The van der Waals surface area contributed by atoms with Crippen molar-refractivity contribution in [3.8, 4) is 0 Å². The molecule has 2 aromatic heterocycles. The van der Waals surface area contributed by atoms with E-state index in [1.807, 2.05) is 12.1 Å². The van der Waals surface area contributed by atoms with Crippen molar-refractivity contribution in [1.82, 2.24) is 19.9 Å². The molecule has 1 fully saturated rings. The lowest BCUT2D eigenvalue weighted by Crippen LogP contribution is -2.51. The van der Waals surface area contributed by atoms with Crippen LogP contribution in [0.4, 0.5) is 5.95 Å².